The maximum atomic E-state index is 12.1. The Labute approximate surface area is 273 Å². The lowest BCUT2D eigenvalue weighted by atomic mass is 10.0. The Morgan fingerprint density at radius 2 is 1.45 bits per heavy atom. The van der Waals surface area contributed by atoms with Crippen molar-refractivity contribution in [3.63, 3.8) is 0 Å². The first-order chi connectivity index (χ1) is 21.1. The summed E-state index contributed by atoms with van der Waals surface area (Å²) >= 11 is 6.96. The average Bonchev–Trinajstić information content (AvgIpc) is 3.52. The summed E-state index contributed by atoms with van der Waals surface area (Å²) in [6.45, 7) is 4.76. The van der Waals surface area contributed by atoms with E-state index in [1.165, 1.54) is 4.57 Å². The van der Waals surface area contributed by atoms with E-state index in [0.29, 0.717) is 35.8 Å². The Morgan fingerprint density at radius 1 is 0.864 bits per heavy atom. The van der Waals surface area contributed by atoms with Crippen molar-refractivity contribution in [1.82, 2.24) is 0 Å². The SMILES string of the molecule is CCC(=C/c1oc2ccc(-c3ccc(Br)cc3)cc2[n+]1CS(=O)(=O)O)/C=C1/Oc2ccc(-c3ccc(Br)cc3)cc2N1CC. The summed E-state index contributed by atoms with van der Waals surface area (Å²) < 4.78 is 50.0. The van der Waals surface area contributed by atoms with E-state index in [0.717, 1.165) is 48.2 Å². The fraction of sp³-hybridized carbons (Fsp3) is 0.147. The predicted octanol–water partition coefficient (Wildman–Crippen LogP) is 8.98. The van der Waals surface area contributed by atoms with Crippen LogP contribution in [-0.4, -0.2) is 19.5 Å². The molecular formula is C34H29Br2N2O5S+. The summed E-state index contributed by atoms with van der Waals surface area (Å²) in [6.07, 6.45) is 4.37. The fourth-order valence-electron chi connectivity index (χ4n) is 5.25. The van der Waals surface area contributed by atoms with Crippen LogP contribution < -0.4 is 14.2 Å². The van der Waals surface area contributed by atoms with Gasteiger partial charge in [-0.3, -0.25) is 4.55 Å². The molecule has 4 aromatic carbocycles. The lowest BCUT2D eigenvalue weighted by Gasteiger charge is -2.16. The molecule has 7 nitrogen and oxygen atoms in total. The molecule has 0 unspecified atom stereocenters. The maximum absolute atomic E-state index is 12.1. The highest BCUT2D eigenvalue weighted by Gasteiger charge is 2.28. The molecule has 0 fully saturated rings. The zero-order valence-corrected chi connectivity index (χ0v) is 28.0. The normalized spacial score (nSPS) is 14.3. The predicted molar refractivity (Wildman–Crippen MR) is 181 cm³/mol. The summed E-state index contributed by atoms with van der Waals surface area (Å²) in [6, 6.07) is 27.8. The molecule has 0 saturated heterocycles. The third-order valence-corrected chi connectivity index (χ3v) is 9.09. The zero-order chi connectivity index (χ0) is 31.0. The Hall–Kier alpha value is -3.70. The van der Waals surface area contributed by atoms with Gasteiger partial charge in [0.05, 0.1) is 11.8 Å². The van der Waals surface area contributed by atoms with Gasteiger partial charge in [0.15, 0.2) is 5.75 Å². The number of fused-ring (bicyclic) bond motifs is 2. The molecule has 6 rings (SSSR count). The van der Waals surface area contributed by atoms with E-state index in [9.17, 15) is 13.0 Å². The minimum absolute atomic E-state index is 0.301. The number of allylic oxidation sites excluding steroid dienone is 2. The number of hydrogen-bond acceptors (Lipinski definition) is 5. The van der Waals surface area contributed by atoms with Crippen LogP contribution in [0.15, 0.2) is 116 Å². The lowest BCUT2D eigenvalue weighted by Crippen LogP contribution is -2.39. The summed E-state index contributed by atoms with van der Waals surface area (Å²) in [4.78, 5) is 2.11. The Balaban J connectivity index is 1.39. The number of halogens is 2. The highest BCUT2D eigenvalue weighted by atomic mass is 79.9. The van der Waals surface area contributed by atoms with Gasteiger partial charge >= 0.3 is 16.0 Å². The van der Waals surface area contributed by atoms with Gasteiger partial charge in [-0.1, -0.05) is 75.2 Å². The Morgan fingerprint density at radius 3 is 2.05 bits per heavy atom. The first-order valence-corrected chi connectivity index (χ1v) is 17.3. The van der Waals surface area contributed by atoms with E-state index >= 15 is 0 Å². The highest BCUT2D eigenvalue weighted by molar-refractivity contribution is 9.10. The fourth-order valence-corrected chi connectivity index (χ4v) is 6.37. The van der Waals surface area contributed by atoms with Crippen molar-refractivity contribution in [3.05, 3.63) is 117 Å². The second-order valence-corrected chi connectivity index (χ2v) is 13.6. The van der Waals surface area contributed by atoms with Gasteiger partial charge in [0, 0.05) is 27.6 Å². The van der Waals surface area contributed by atoms with Crippen molar-refractivity contribution in [2.24, 2.45) is 0 Å². The van der Waals surface area contributed by atoms with Gasteiger partial charge in [-0.2, -0.15) is 8.42 Å². The molecule has 0 atom stereocenters. The molecule has 5 aromatic rings. The standard InChI is InChI=1S/C34H28Br2N2O5S/c1-3-22(17-33-37(4-2)29-19-25(9-15-31(29)42-33)23-5-11-27(35)12-6-23)18-34-38(21-44(39,40)41)30-20-26(10-16-32(30)43-34)24-7-13-28(36)14-8-24/h5-20H,3-4,21H2,1-2H3/p+1. The minimum Gasteiger partial charge on any atom is -0.439 e. The molecule has 0 amide bonds. The van der Waals surface area contributed by atoms with E-state index in [4.69, 9.17) is 9.15 Å². The van der Waals surface area contributed by atoms with Crippen LogP contribution in [0.4, 0.5) is 5.69 Å². The monoisotopic (exact) mass is 735 g/mol. The Bertz CT molecular complexity index is 2030. The smallest absolute Gasteiger partial charge is 0.375 e. The van der Waals surface area contributed by atoms with E-state index in [1.54, 1.807) is 6.08 Å². The third kappa shape index (κ3) is 6.39. The van der Waals surface area contributed by atoms with Crippen molar-refractivity contribution >= 4 is 64.8 Å². The van der Waals surface area contributed by atoms with Gasteiger partial charge in [-0.25, -0.2) is 0 Å². The molecule has 0 radical (unpaired) electrons. The molecule has 224 valence electrons. The summed E-state index contributed by atoms with van der Waals surface area (Å²) in [7, 11) is -4.37. The van der Waals surface area contributed by atoms with Gasteiger partial charge in [-0.15, -0.1) is 4.57 Å². The van der Waals surface area contributed by atoms with Crippen LogP contribution in [0.5, 0.6) is 5.75 Å². The number of hydrogen-bond donors (Lipinski definition) is 1. The first-order valence-electron chi connectivity index (χ1n) is 14.1. The number of rotatable bonds is 8. The van der Waals surface area contributed by atoms with E-state index in [-0.39, 0.29) is 0 Å². The minimum atomic E-state index is -4.37. The number of nitrogens with zero attached hydrogens (tertiary/aromatic N) is 2. The third-order valence-electron chi connectivity index (χ3n) is 7.45. The first kappa shape index (κ1) is 30.3. The van der Waals surface area contributed by atoms with Crippen LogP contribution in [-0.2, 0) is 16.0 Å². The van der Waals surface area contributed by atoms with Crippen molar-refractivity contribution < 1.29 is 26.7 Å². The molecule has 1 N–H and O–H groups in total. The van der Waals surface area contributed by atoms with Crippen LogP contribution in [0.1, 0.15) is 26.2 Å². The molecule has 1 aliphatic heterocycles. The van der Waals surface area contributed by atoms with Gasteiger partial charge in [-0.05, 0) is 83.6 Å². The molecule has 0 aliphatic carbocycles. The maximum Gasteiger partial charge on any atom is 0.375 e. The summed E-state index contributed by atoms with van der Waals surface area (Å²) in [5, 5.41) is 0. The van der Waals surface area contributed by atoms with Crippen LogP contribution >= 0.6 is 31.9 Å². The number of benzene rings is 4. The molecule has 1 aromatic heterocycles. The largest absolute Gasteiger partial charge is 0.439 e. The number of anilines is 1. The van der Waals surface area contributed by atoms with Gasteiger partial charge < -0.3 is 14.1 Å². The molecule has 0 saturated carbocycles. The van der Waals surface area contributed by atoms with Gasteiger partial charge in [0.2, 0.25) is 11.5 Å². The molecule has 10 heteroatoms. The highest BCUT2D eigenvalue weighted by Crippen LogP contribution is 2.42. The van der Waals surface area contributed by atoms with Crippen LogP contribution in [0.2, 0.25) is 0 Å². The molecule has 2 heterocycles. The van der Waals surface area contributed by atoms with E-state index in [1.807, 2.05) is 79.7 Å². The average molecular weight is 737 g/mol. The number of ether oxygens (including phenoxy) is 1. The lowest BCUT2D eigenvalue weighted by molar-refractivity contribution is -0.658. The Kier molecular flexibility index (Phi) is 8.52. The van der Waals surface area contributed by atoms with E-state index < -0.39 is 16.0 Å². The zero-order valence-electron chi connectivity index (χ0n) is 24.0. The van der Waals surface area contributed by atoms with Gasteiger partial charge in [0.1, 0.15) is 0 Å². The van der Waals surface area contributed by atoms with Gasteiger partial charge in [0.25, 0.3) is 11.4 Å². The number of oxazole rings is 1. The quantitative estimate of drug-likeness (QED) is 0.127. The molecule has 44 heavy (non-hydrogen) atoms. The molecule has 0 bridgehead atoms. The topological polar surface area (TPSA) is 83.9 Å². The van der Waals surface area contributed by atoms with Crippen molar-refractivity contribution in [3.8, 4) is 28.0 Å². The van der Waals surface area contributed by atoms with Crippen molar-refractivity contribution in [1.29, 1.82) is 0 Å². The van der Waals surface area contributed by atoms with Crippen LogP contribution in [0.25, 0.3) is 39.4 Å². The second kappa shape index (κ2) is 12.4. The second-order valence-electron chi connectivity index (χ2n) is 10.4. The van der Waals surface area contributed by atoms with Crippen molar-refractivity contribution in [2.75, 3.05) is 11.4 Å². The molecular weight excluding hydrogens is 708 g/mol. The number of aromatic nitrogens is 1. The van der Waals surface area contributed by atoms with Crippen LogP contribution in [0.3, 0.4) is 0 Å². The van der Waals surface area contributed by atoms with Crippen molar-refractivity contribution in [2.45, 2.75) is 26.1 Å². The summed E-state index contributed by atoms with van der Waals surface area (Å²) in [5.41, 5.74) is 6.93. The summed E-state index contributed by atoms with van der Waals surface area (Å²) in [5.74, 6) is 1.08. The molecule has 0 spiro atoms. The molecule has 1 aliphatic rings. The van der Waals surface area contributed by atoms with Crippen LogP contribution in [0, 0.1) is 0 Å². The van der Waals surface area contributed by atoms with E-state index in [2.05, 4.69) is 61.9 Å².